The highest BCUT2D eigenvalue weighted by molar-refractivity contribution is 5.99. The van der Waals surface area contributed by atoms with E-state index in [-0.39, 0.29) is 61.8 Å². The molecule has 0 aromatic heterocycles. The lowest BCUT2D eigenvalue weighted by molar-refractivity contribution is -0.161. The number of aryl methyl sites for hydroxylation is 1. The molecule has 19 heteroatoms. The van der Waals surface area contributed by atoms with Crippen LogP contribution in [0.3, 0.4) is 0 Å². The first-order chi connectivity index (χ1) is 35.6. The zero-order valence-electron chi connectivity index (χ0n) is 47.8. The smallest absolute Gasteiger partial charge is 0.323 e. The summed E-state index contributed by atoms with van der Waals surface area (Å²) in [6, 6.07) is 1.36. The van der Waals surface area contributed by atoms with Crippen molar-refractivity contribution in [2.24, 2.45) is 29.4 Å². The van der Waals surface area contributed by atoms with Crippen molar-refractivity contribution >= 4 is 58.9 Å². The van der Waals surface area contributed by atoms with Crippen molar-refractivity contribution in [3.8, 4) is 0 Å². The predicted molar refractivity (Wildman–Crippen MR) is 288 cm³/mol. The first-order valence-corrected chi connectivity index (χ1v) is 27.6. The molecular formula is C57H90N8O11. The number of amides is 7. The van der Waals surface area contributed by atoms with Crippen molar-refractivity contribution in [1.29, 1.82) is 0 Å². The Balaban J connectivity index is 1.51. The number of ketones is 2. The summed E-state index contributed by atoms with van der Waals surface area (Å²) < 4.78 is 0. The number of likely N-dealkylation sites (tertiary alicyclic amines) is 1. The van der Waals surface area contributed by atoms with Gasteiger partial charge in [-0.2, -0.15) is 0 Å². The van der Waals surface area contributed by atoms with Crippen LogP contribution in [0.15, 0.2) is 24.3 Å². The molecule has 2 saturated carbocycles. The molecule has 0 spiro atoms. The largest absolute Gasteiger partial charge is 0.480 e. The second kappa shape index (κ2) is 27.5. The average molecular weight is 1060 g/mol. The fraction of sp³-hybridized carbons (Fsp3) is 0.719. The Morgan fingerprint density at radius 2 is 1.33 bits per heavy atom. The zero-order chi connectivity index (χ0) is 57.1. The Morgan fingerprint density at radius 1 is 0.737 bits per heavy atom. The lowest BCUT2D eigenvalue weighted by Crippen LogP contribution is -2.65. The third-order valence-electron chi connectivity index (χ3n) is 16.9. The number of carboxylic acid groups (broad SMARTS) is 1. The molecule has 8 atom stereocenters. The van der Waals surface area contributed by atoms with Gasteiger partial charge >= 0.3 is 5.97 Å². The molecule has 1 heterocycles. The van der Waals surface area contributed by atoms with E-state index in [9.17, 15) is 53.1 Å². The summed E-state index contributed by atoms with van der Waals surface area (Å²) in [7, 11) is 7.44. The summed E-state index contributed by atoms with van der Waals surface area (Å²) in [5.41, 5.74) is 7.30. The maximum atomic E-state index is 14.6. The Kier molecular flexibility index (Phi) is 22.8. The molecule has 1 aliphatic heterocycles. The fourth-order valence-corrected chi connectivity index (χ4v) is 11.5. The van der Waals surface area contributed by atoms with Gasteiger partial charge in [0.05, 0.1) is 24.0 Å². The van der Waals surface area contributed by atoms with E-state index < -0.39 is 108 Å². The van der Waals surface area contributed by atoms with E-state index in [1.165, 1.54) is 64.5 Å². The van der Waals surface area contributed by atoms with Crippen molar-refractivity contribution in [2.75, 3.05) is 54.9 Å². The van der Waals surface area contributed by atoms with E-state index in [1.54, 1.807) is 20.9 Å². The van der Waals surface area contributed by atoms with Crippen LogP contribution in [0, 0.1) is 30.6 Å². The quantitative estimate of drug-likeness (QED) is 0.125. The van der Waals surface area contributed by atoms with Gasteiger partial charge in [0, 0.05) is 67.1 Å². The number of carboxylic acids is 1. The summed E-state index contributed by atoms with van der Waals surface area (Å²) >= 11 is 0. The van der Waals surface area contributed by atoms with Crippen LogP contribution in [-0.4, -0.2) is 195 Å². The molecule has 4 rings (SSSR count). The topological polar surface area (TPSA) is 240 Å². The molecule has 1 aromatic carbocycles. The van der Waals surface area contributed by atoms with Gasteiger partial charge in [0.1, 0.15) is 30.7 Å². The molecule has 0 unspecified atom stereocenters. The lowest BCUT2D eigenvalue weighted by Gasteiger charge is -2.45. The van der Waals surface area contributed by atoms with Gasteiger partial charge in [-0.1, -0.05) is 89.6 Å². The molecule has 19 nitrogen and oxygen atoms in total. The van der Waals surface area contributed by atoms with Gasteiger partial charge in [-0.25, -0.2) is 0 Å². The number of nitrogens with two attached hydrogens (primary N) is 1. The maximum Gasteiger partial charge on any atom is 0.323 e. The third kappa shape index (κ3) is 15.1. The molecule has 424 valence electrons. The third-order valence-corrected chi connectivity index (χ3v) is 16.9. The van der Waals surface area contributed by atoms with Crippen LogP contribution in [0.2, 0.25) is 0 Å². The number of hydrogen-bond acceptors (Lipinski definition) is 11. The second-order valence-electron chi connectivity index (χ2n) is 22.7. The van der Waals surface area contributed by atoms with Crippen LogP contribution in [0.25, 0.3) is 0 Å². The molecule has 1 saturated heterocycles. The molecule has 0 radical (unpaired) electrons. The van der Waals surface area contributed by atoms with Crippen LogP contribution in [0.5, 0.6) is 0 Å². The number of hydrogen-bond donors (Lipinski definition) is 2. The fourth-order valence-electron chi connectivity index (χ4n) is 11.5. The molecule has 3 fully saturated rings. The van der Waals surface area contributed by atoms with E-state index in [4.69, 9.17) is 5.73 Å². The van der Waals surface area contributed by atoms with E-state index in [1.807, 2.05) is 58.9 Å². The minimum absolute atomic E-state index is 0.0708. The Labute approximate surface area is 451 Å². The number of rotatable bonds is 27. The van der Waals surface area contributed by atoms with Crippen LogP contribution < -0.4 is 5.73 Å². The number of nitrogens with zero attached hydrogens (tertiary/aromatic N) is 7. The molecule has 7 amide bonds. The average Bonchev–Trinajstić information content (AvgIpc) is 4.07. The van der Waals surface area contributed by atoms with Gasteiger partial charge < -0.3 is 45.1 Å². The SMILES string of the molecule is CC[C@H](C)[C@H](CC(=O)[C@H](CC(C)C)N(C)C(=O)C[C@@H](C(C)=O)N(C)C(=O)[C@H](C1CCCC1)N(C)C(=O)C1(N)CCCC1)C(=O)N(C)[C@@H](C)C(=O)N1CC[C@H]1C(=O)N(CC)[C@@H](Cc1ccc(C)cc1)C(=O)N(C)CC(=O)O. The van der Waals surface area contributed by atoms with Crippen molar-refractivity contribution in [2.45, 2.75) is 187 Å². The van der Waals surface area contributed by atoms with Crippen molar-refractivity contribution < 1.29 is 53.1 Å². The predicted octanol–water partition coefficient (Wildman–Crippen LogP) is 4.33. The highest BCUT2D eigenvalue weighted by Crippen LogP contribution is 2.35. The Morgan fingerprint density at radius 3 is 1.83 bits per heavy atom. The molecule has 2 aliphatic carbocycles. The van der Waals surface area contributed by atoms with E-state index >= 15 is 0 Å². The zero-order valence-corrected chi connectivity index (χ0v) is 47.8. The molecular weight excluding hydrogens is 973 g/mol. The maximum absolute atomic E-state index is 14.6. The van der Waals surface area contributed by atoms with Gasteiger partial charge in [0.25, 0.3) is 0 Å². The summed E-state index contributed by atoms with van der Waals surface area (Å²) in [5, 5.41) is 9.48. The van der Waals surface area contributed by atoms with Crippen LogP contribution in [-0.2, 0) is 54.4 Å². The highest BCUT2D eigenvalue weighted by atomic mass is 16.4. The molecule has 76 heavy (non-hydrogen) atoms. The lowest BCUT2D eigenvalue weighted by atomic mass is 9.83. The molecule has 3 N–H and O–H groups in total. The van der Waals surface area contributed by atoms with Crippen LogP contribution in [0.4, 0.5) is 0 Å². The monoisotopic (exact) mass is 1060 g/mol. The number of benzene rings is 1. The van der Waals surface area contributed by atoms with E-state index in [0.29, 0.717) is 25.7 Å². The van der Waals surface area contributed by atoms with Gasteiger partial charge in [-0.05, 0) is 89.5 Å². The van der Waals surface area contributed by atoms with Gasteiger partial charge in [-0.3, -0.25) is 47.9 Å². The standard InChI is InChI=1S/C57H90N8O11/c1-14-37(6)42(52(72)60(10)38(7)51(71)65-29-26-43(65)54(74)64(15-2)46(53(73)59(9)34-49(69)70)31-40-24-22-36(5)23-25-40)32-47(67)45(30-35(3)4)61(11)48(68)33-44(39(8)66)62(12)55(75)50(41-20-16-17-21-41)63(13)56(76)57(58)27-18-19-28-57/h22-25,35,37-38,41-46,50H,14-21,26-34,58H2,1-13H3,(H,69,70)/t37-,38-,42-,43-,44-,45-,46-,50-/m0/s1. The number of carbonyl (C=O) groups excluding carboxylic acids is 9. The number of likely N-dealkylation sites (N-methyl/N-ethyl adjacent to an activating group) is 6. The molecule has 0 bridgehead atoms. The van der Waals surface area contributed by atoms with Crippen molar-refractivity contribution in [3.05, 3.63) is 35.4 Å². The van der Waals surface area contributed by atoms with Gasteiger partial charge in [0.15, 0.2) is 11.6 Å². The minimum atomic E-state index is -1.21. The van der Waals surface area contributed by atoms with Crippen LogP contribution >= 0.6 is 0 Å². The Hall–Kier alpha value is -5.72. The normalized spacial score (nSPS) is 19.0. The molecule has 1 aromatic rings. The minimum Gasteiger partial charge on any atom is -0.480 e. The van der Waals surface area contributed by atoms with E-state index in [0.717, 1.165) is 54.6 Å². The number of aliphatic carboxylic acids is 1. The first kappa shape index (κ1) is 62.8. The van der Waals surface area contributed by atoms with Crippen molar-refractivity contribution in [3.63, 3.8) is 0 Å². The molecule has 3 aliphatic rings. The Bertz CT molecular complexity index is 2260. The highest BCUT2D eigenvalue weighted by Gasteiger charge is 2.48. The van der Waals surface area contributed by atoms with Gasteiger partial charge in [0.2, 0.25) is 41.4 Å². The summed E-state index contributed by atoms with van der Waals surface area (Å²) in [5.74, 6) is -6.73. The summed E-state index contributed by atoms with van der Waals surface area (Å²) in [4.78, 5) is 149. The van der Waals surface area contributed by atoms with Crippen LogP contribution in [0.1, 0.15) is 143 Å². The summed E-state index contributed by atoms with van der Waals surface area (Å²) in [6.07, 6.45) is 6.45. The summed E-state index contributed by atoms with van der Waals surface area (Å²) in [6.45, 7) is 13.8. The number of carbonyl (C=O) groups is 10. The first-order valence-electron chi connectivity index (χ1n) is 27.6. The van der Waals surface area contributed by atoms with Gasteiger partial charge in [-0.15, -0.1) is 0 Å². The van der Waals surface area contributed by atoms with E-state index in [2.05, 4.69) is 0 Å². The number of Topliss-reactive ketones (excluding diaryl/α,β-unsaturated/α-hetero) is 2. The second-order valence-corrected chi connectivity index (χ2v) is 22.7. The van der Waals surface area contributed by atoms with Crippen molar-refractivity contribution in [1.82, 2.24) is 34.3 Å².